The first-order valence-electron chi connectivity index (χ1n) is 6.04. The Morgan fingerprint density at radius 2 is 1.90 bits per heavy atom. The second-order valence-electron chi connectivity index (χ2n) is 4.44. The zero-order chi connectivity index (χ0) is 14.7. The van der Waals surface area contributed by atoms with Gasteiger partial charge in [-0.1, -0.05) is 22.0 Å². The largest absolute Gasteiger partial charge is 0.497 e. The summed E-state index contributed by atoms with van der Waals surface area (Å²) >= 11 is 3.44. The van der Waals surface area contributed by atoms with Crippen molar-refractivity contribution in [2.75, 3.05) is 7.11 Å². The van der Waals surface area contributed by atoms with Gasteiger partial charge in [0.25, 0.3) is 0 Å². The van der Waals surface area contributed by atoms with Crippen LogP contribution in [0.2, 0.25) is 0 Å². The highest BCUT2D eigenvalue weighted by molar-refractivity contribution is 9.10. The summed E-state index contributed by atoms with van der Waals surface area (Å²) in [6.07, 6.45) is 0.489. The van der Waals surface area contributed by atoms with E-state index >= 15 is 0 Å². The molecule has 0 saturated heterocycles. The van der Waals surface area contributed by atoms with Crippen LogP contribution in [-0.2, 0) is 6.42 Å². The molecule has 0 aromatic heterocycles. The molecule has 2 rings (SSSR count). The van der Waals surface area contributed by atoms with Crippen LogP contribution in [-0.4, -0.2) is 7.11 Å². The predicted octanol–water partition coefficient (Wildman–Crippen LogP) is 3.98. The Hall–Kier alpha value is -1.46. The van der Waals surface area contributed by atoms with E-state index in [1.807, 2.05) is 18.2 Å². The highest BCUT2D eigenvalue weighted by Gasteiger charge is 2.12. The van der Waals surface area contributed by atoms with Gasteiger partial charge in [0.2, 0.25) is 0 Å². The first kappa shape index (κ1) is 14.9. The topological polar surface area (TPSA) is 35.2 Å². The molecule has 1 unspecified atom stereocenters. The number of methoxy groups -OCH3 is 1. The van der Waals surface area contributed by atoms with Crippen molar-refractivity contribution in [2.45, 2.75) is 12.5 Å². The number of halogens is 3. The second kappa shape index (κ2) is 6.33. The third-order valence-electron chi connectivity index (χ3n) is 3.06. The highest BCUT2D eigenvalue weighted by atomic mass is 79.9. The molecule has 1 atom stereocenters. The van der Waals surface area contributed by atoms with E-state index in [0.717, 1.165) is 27.9 Å². The smallest absolute Gasteiger partial charge is 0.159 e. The van der Waals surface area contributed by atoms with Gasteiger partial charge in [-0.05, 0) is 47.9 Å². The molecule has 0 aliphatic heterocycles. The van der Waals surface area contributed by atoms with Crippen LogP contribution in [0.15, 0.2) is 40.9 Å². The Morgan fingerprint density at radius 3 is 2.55 bits per heavy atom. The van der Waals surface area contributed by atoms with Gasteiger partial charge in [-0.25, -0.2) is 8.78 Å². The van der Waals surface area contributed by atoms with Crippen molar-refractivity contribution in [1.29, 1.82) is 0 Å². The quantitative estimate of drug-likeness (QED) is 0.912. The van der Waals surface area contributed by atoms with Crippen LogP contribution in [0, 0.1) is 11.6 Å². The van der Waals surface area contributed by atoms with Gasteiger partial charge in [-0.2, -0.15) is 0 Å². The van der Waals surface area contributed by atoms with Crippen molar-refractivity contribution >= 4 is 15.9 Å². The minimum Gasteiger partial charge on any atom is -0.497 e. The standard InChI is InChI=1S/C15H14BrF2NO/c1-20-11-3-4-12(16)10(6-11)8-15(19)9-2-5-13(17)14(18)7-9/h2-7,15H,8,19H2,1H3. The number of benzene rings is 2. The molecule has 0 saturated carbocycles. The molecule has 106 valence electrons. The first-order chi connectivity index (χ1) is 9.51. The summed E-state index contributed by atoms with van der Waals surface area (Å²) in [6, 6.07) is 8.86. The summed E-state index contributed by atoms with van der Waals surface area (Å²) in [5.74, 6) is -1.04. The van der Waals surface area contributed by atoms with Crippen LogP contribution >= 0.6 is 15.9 Å². The lowest BCUT2D eigenvalue weighted by Gasteiger charge is -2.14. The van der Waals surface area contributed by atoms with E-state index in [0.29, 0.717) is 12.0 Å². The van der Waals surface area contributed by atoms with Crippen molar-refractivity contribution in [2.24, 2.45) is 5.73 Å². The summed E-state index contributed by atoms with van der Waals surface area (Å²) < 4.78 is 32.2. The van der Waals surface area contributed by atoms with E-state index in [2.05, 4.69) is 15.9 Å². The molecular formula is C15H14BrF2NO. The lowest BCUT2D eigenvalue weighted by Crippen LogP contribution is -2.14. The molecule has 0 aliphatic rings. The Morgan fingerprint density at radius 1 is 1.15 bits per heavy atom. The van der Waals surface area contributed by atoms with E-state index in [-0.39, 0.29) is 0 Å². The van der Waals surface area contributed by atoms with Crippen molar-refractivity contribution in [3.63, 3.8) is 0 Å². The van der Waals surface area contributed by atoms with Gasteiger partial charge >= 0.3 is 0 Å². The molecule has 0 radical (unpaired) electrons. The molecule has 0 amide bonds. The average Bonchev–Trinajstić information content (AvgIpc) is 2.44. The van der Waals surface area contributed by atoms with Crippen molar-refractivity contribution < 1.29 is 13.5 Å². The molecule has 0 heterocycles. The van der Waals surface area contributed by atoms with Crippen LogP contribution in [0.1, 0.15) is 17.2 Å². The van der Waals surface area contributed by atoms with Crippen molar-refractivity contribution in [3.05, 3.63) is 63.6 Å². The molecule has 0 aliphatic carbocycles. The predicted molar refractivity (Wildman–Crippen MR) is 77.7 cm³/mol. The Bertz CT molecular complexity index is 619. The number of rotatable bonds is 4. The number of hydrogen-bond acceptors (Lipinski definition) is 2. The van der Waals surface area contributed by atoms with E-state index in [1.54, 1.807) is 7.11 Å². The van der Waals surface area contributed by atoms with Crippen molar-refractivity contribution in [1.82, 2.24) is 0 Å². The van der Waals surface area contributed by atoms with E-state index in [9.17, 15) is 8.78 Å². The normalized spacial score (nSPS) is 12.2. The molecule has 2 aromatic rings. The number of nitrogens with two attached hydrogens (primary N) is 1. The van der Waals surface area contributed by atoms with E-state index in [1.165, 1.54) is 6.07 Å². The van der Waals surface area contributed by atoms with Crippen LogP contribution < -0.4 is 10.5 Å². The number of ether oxygens (including phenoxy) is 1. The lowest BCUT2D eigenvalue weighted by atomic mass is 9.99. The number of hydrogen-bond donors (Lipinski definition) is 1. The Kier molecular flexibility index (Phi) is 4.73. The van der Waals surface area contributed by atoms with Gasteiger partial charge in [0, 0.05) is 10.5 Å². The minimum atomic E-state index is -0.886. The van der Waals surface area contributed by atoms with Gasteiger partial charge in [0.05, 0.1) is 7.11 Å². The van der Waals surface area contributed by atoms with Crippen LogP contribution in [0.3, 0.4) is 0 Å². The Balaban J connectivity index is 2.22. The maximum Gasteiger partial charge on any atom is 0.159 e. The zero-order valence-corrected chi connectivity index (χ0v) is 12.5. The fourth-order valence-electron chi connectivity index (χ4n) is 1.93. The summed E-state index contributed by atoms with van der Waals surface area (Å²) in [7, 11) is 1.59. The van der Waals surface area contributed by atoms with Crippen LogP contribution in [0.25, 0.3) is 0 Å². The molecular weight excluding hydrogens is 328 g/mol. The van der Waals surface area contributed by atoms with Crippen LogP contribution in [0.4, 0.5) is 8.78 Å². The summed E-state index contributed by atoms with van der Waals surface area (Å²) in [5, 5.41) is 0. The summed E-state index contributed by atoms with van der Waals surface area (Å²) in [6.45, 7) is 0. The van der Waals surface area contributed by atoms with Crippen molar-refractivity contribution in [3.8, 4) is 5.75 Å². The van der Waals surface area contributed by atoms with Gasteiger partial charge in [-0.15, -0.1) is 0 Å². The molecule has 0 bridgehead atoms. The molecule has 2 N–H and O–H groups in total. The average molecular weight is 342 g/mol. The molecule has 0 spiro atoms. The lowest BCUT2D eigenvalue weighted by molar-refractivity contribution is 0.414. The third kappa shape index (κ3) is 3.35. The zero-order valence-electron chi connectivity index (χ0n) is 10.9. The third-order valence-corrected chi connectivity index (χ3v) is 3.84. The molecule has 2 nitrogen and oxygen atoms in total. The molecule has 0 fully saturated rings. The van der Waals surface area contributed by atoms with Gasteiger partial charge in [0.1, 0.15) is 5.75 Å². The van der Waals surface area contributed by atoms with E-state index < -0.39 is 17.7 Å². The maximum atomic E-state index is 13.2. The SMILES string of the molecule is COc1ccc(Br)c(CC(N)c2ccc(F)c(F)c2)c1. The van der Waals surface area contributed by atoms with Gasteiger partial charge in [0.15, 0.2) is 11.6 Å². The van der Waals surface area contributed by atoms with Gasteiger partial charge in [-0.3, -0.25) is 0 Å². The fraction of sp³-hybridized carbons (Fsp3) is 0.200. The monoisotopic (exact) mass is 341 g/mol. The Labute approximate surface area is 124 Å². The maximum absolute atomic E-state index is 13.2. The van der Waals surface area contributed by atoms with Gasteiger partial charge < -0.3 is 10.5 Å². The first-order valence-corrected chi connectivity index (χ1v) is 6.83. The van der Waals surface area contributed by atoms with Crippen LogP contribution in [0.5, 0.6) is 5.75 Å². The van der Waals surface area contributed by atoms with E-state index in [4.69, 9.17) is 10.5 Å². The fourth-order valence-corrected chi connectivity index (χ4v) is 2.34. The molecule has 5 heteroatoms. The summed E-state index contributed by atoms with van der Waals surface area (Å²) in [5.41, 5.74) is 7.56. The second-order valence-corrected chi connectivity index (χ2v) is 5.30. The molecule has 20 heavy (non-hydrogen) atoms. The minimum absolute atomic E-state index is 0.423. The highest BCUT2D eigenvalue weighted by Crippen LogP contribution is 2.27. The molecule has 2 aromatic carbocycles. The summed E-state index contributed by atoms with van der Waals surface area (Å²) in [4.78, 5) is 0.